The van der Waals surface area contributed by atoms with Gasteiger partial charge in [-0.15, -0.1) is 0 Å². The molecular formula is C23H36O4. The van der Waals surface area contributed by atoms with Crippen LogP contribution in [0.15, 0.2) is 22.1 Å². The smallest absolute Gasteiger partial charge is 0.331 e. The van der Waals surface area contributed by atoms with Crippen LogP contribution in [0.2, 0.25) is 0 Å². The van der Waals surface area contributed by atoms with Gasteiger partial charge in [0.2, 0.25) is 0 Å². The van der Waals surface area contributed by atoms with Crippen LogP contribution >= 0.6 is 0 Å². The first-order chi connectivity index (χ1) is 12.7. The quantitative estimate of drug-likeness (QED) is 0.311. The fourth-order valence-electron chi connectivity index (χ4n) is 3.21. The Morgan fingerprint density at radius 3 is 2.19 bits per heavy atom. The summed E-state index contributed by atoms with van der Waals surface area (Å²) >= 11 is 0. The zero-order valence-corrected chi connectivity index (χ0v) is 17.6. The Bertz CT molecular complexity index is 624. The number of hydrogen-bond acceptors (Lipinski definition) is 3. The van der Waals surface area contributed by atoms with Gasteiger partial charge in [0.25, 0.3) is 0 Å². The van der Waals surface area contributed by atoms with E-state index in [9.17, 15) is 9.59 Å². The third-order valence-corrected chi connectivity index (χ3v) is 5.00. The average molecular weight is 377 g/mol. The van der Waals surface area contributed by atoms with Gasteiger partial charge >= 0.3 is 5.97 Å². The maximum atomic E-state index is 12.4. The lowest BCUT2D eigenvalue weighted by Crippen LogP contribution is -2.06. The number of ketones is 1. The van der Waals surface area contributed by atoms with Crippen molar-refractivity contribution in [1.82, 2.24) is 0 Å². The first-order valence-corrected chi connectivity index (χ1v) is 10.2. The van der Waals surface area contributed by atoms with Gasteiger partial charge in [-0.05, 0) is 42.9 Å². The minimum Gasteiger partial charge on any atom is -0.478 e. The molecule has 0 amide bonds. The molecule has 1 heterocycles. The molecule has 1 rings (SSSR count). The van der Waals surface area contributed by atoms with Crippen LogP contribution in [-0.2, 0) is 4.79 Å². The van der Waals surface area contributed by atoms with Gasteiger partial charge in [-0.2, -0.15) is 0 Å². The molecule has 0 fully saturated rings. The van der Waals surface area contributed by atoms with Crippen molar-refractivity contribution in [3.8, 4) is 0 Å². The molecule has 0 spiro atoms. The molecule has 152 valence electrons. The van der Waals surface area contributed by atoms with E-state index < -0.39 is 5.97 Å². The van der Waals surface area contributed by atoms with E-state index in [1.54, 1.807) is 12.1 Å². The lowest BCUT2D eigenvalue weighted by Gasteiger charge is -2.14. The molecule has 0 saturated carbocycles. The number of carbonyl (C=O) groups is 2. The van der Waals surface area contributed by atoms with Crippen LogP contribution in [0.4, 0.5) is 0 Å². The number of carboxylic acids is 1. The highest BCUT2D eigenvalue weighted by molar-refractivity contribution is 5.94. The number of aliphatic carboxylic acids is 1. The predicted molar refractivity (Wildman–Crippen MR) is 110 cm³/mol. The van der Waals surface area contributed by atoms with Crippen molar-refractivity contribution in [1.29, 1.82) is 0 Å². The summed E-state index contributed by atoms with van der Waals surface area (Å²) in [6.07, 6.45) is 9.24. The van der Waals surface area contributed by atoms with E-state index in [0.717, 1.165) is 24.7 Å². The van der Waals surface area contributed by atoms with E-state index in [2.05, 4.69) is 27.7 Å². The highest BCUT2D eigenvalue weighted by Gasteiger charge is 2.15. The van der Waals surface area contributed by atoms with Gasteiger partial charge < -0.3 is 9.52 Å². The lowest BCUT2D eigenvalue weighted by molar-refractivity contribution is -0.132. The summed E-state index contributed by atoms with van der Waals surface area (Å²) in [4.78, 5) is 23.2. The zero-order valence-electron chi connectivity index (χ0n) is 17.6. The van der Waals surface area contributed by atoms with Crippen LogP contribution in [0.3, 0.4) is 0 Å². The Kier molecular flexibility index (Phi) is 10.1. The molecule has 2 atom stereocenters. The van der Waals surface area contributed by atoms with Crippen molar-refractivity contribution in [3.63, 3.8) is 0 Å². The molecule has 0 aliphatic carbocycles. The maximum absolute atomic E-state index is 12.4. The van der Waals surface area contributed by atoms with Crippen LogP contribution in [0.1, 0.15) is 95.9 Å². The summed E-state index contributed by atoms with van der Waals surface area (Å²) in [5.41, 5.74) is 0.180. The number of carbonyl (C=O) groups excluding carboxylic acids is 1. The normalized spacial score (nSPS) is 14.4. The molecule has 0 aromatic carbocycles. The Balaban J connectivity index is 2.35. The molecule has 0 aliphatic rings. The topological polar surface area (TPSA) is 67.5 Å². The average Bonchev–Trinajstić information content (AvgIpc) is 3.03. The minimum atomic E-state index is -0.994. The fraction of sp³-hybridized carbons (Fsp3) is 0.652. The summed E-state index contributed by atoms with van der Waals surface area (Å²) in [5, 5.41) is 8.89. The second-order valence-electron chi connectivity index (χ2n) is 8.43. The van der Waals surface area contributed by atoms with Crippen molar-refractivity contribution in [2.45, 2.75) is 79.6 Å². The van der Waals surface area contributed by atoms with E-state index in [-0.39, 0.29) is 11.4 Å². The Hall–Kier alpha value is -1.84. The van der Waals surface area contributed by atoms with Crippen molar-refractivity contribution in [2.75, 3.05) is 0 Å². The number of Topliss-reactive ketones (excluding diaryl/α,β-unsaturated/α-hetero) is 1. The molecule has 1 aromatic rings. The fourth-order valence-corrected chi connectivity index (χ4v) is 3.21. The van der Waals surface area contributed by atoms with Gasteiger partial charge in [0.15, 0.2) is 11.5 Å². The molecule has 0 saturated heterocycles. The van der Waals surface area contributed by atoms with E-state index in [0.29, 0.717) is 23.9 Å². The van der Waals surface area contributed by atoms with E-state index >= 15 is 0 Å². The molecule has 2 unspecified atom stereocenters. The van der Waals surface area contributed by atoms with E-state index in [1.807, 2.05) is 0 Å². The number of carboxylic acid groups (broad SMARTS) is 1. The van der Waals surface area contributed by atoms with Crippen molar-refractivity contribution >= 4 is 17.8 Å². The van der Waals surface area contributed by atoms with Crippen LogP contribution in [0.5, 0.6) is 0 Å². The predicted octanol–water partition coefficient (Wildman–Crippen LogP) is 6.61. The van der Waals surface area contributed by atoms with Gasteiger partial charge in [-0.1, -0.05) is 66.2 Å². The van der Waals surface area contributed by atoms with Crippen molar-refractivity contribution < 1.29 is 19.1 Å². The first kappa shape index (κ1) is 23.2. The second-order valence-corrected chi connectivity index (χ2v) is 8.43. The van der Waals surface area contributed by atoms with Gasteiger partial charge in [-0.3, -0.25) is 4.79 Å². The number of rotatable bonds is 13. The van der Waals surface area contributed by atoms with Crippen LogP contribution in [-0.4, -0.2) is 16.9 Å². The van der Waals surface area contributed by atoms with E-state index in [4.69, 9.17) is 9.52 Å². The first-order valence-electron chi connectivity index (χ1n) is 10.2. The minimum absolute atomic E-state index is 0.0138. The summed E-state index contributed by atoms with van der Waals surface area (Å²) in [5.74, 6) is 1.57. The molecular weight excluding hydrogens is 340 g/mol. The van der Waals surface area contributed by atoms with Crippen molar-refractivity contribution in [3.05, 3.63) is 29.2 Å². The van der Waals surface area contributed by atoms with Crippen LogP contribution in [0, 0.1) is 17.8 Å². The van der Waals surface area contributed by atoms with Gasteiger partial charge in [0.1, 0.15) is 5.76 Å². The number of hydrogen-bond donors (Lipinski definition) is 1. The molecule has 1 aromatic heterocycles. The third kappa shape index (κ3) is 9.60. The maximum Gasteiger partial charge on any atom is 0.331 e. The highest BCUT2D eigenvalue weighted by atomic mass is 16.4. The number of furan rings is 1. The third-order valence-electron chi connectivity index (χ3n) is 5.00. The molecule has 4 heteroatoms. The van der Waals surface area contributed by atoms with Crippen molar-refractivity contribution in [2.24, 2.45) is 17.8 Å². The molecule has 1 N–H and O–H groups in total. The Labute approximate surface area is 164 Å². The Morgan fingerprint density at radius 1 is 1.00 bits per heavy atom. The molecule has 0 radical (unpaired) electrons. The van der Waals surface area contributed by atoms with Crippen LogP contribution in [0.25, 0.3) is 6.08 Å². The van der Waals surface area contributed by atoms with Crippen LogP contribution < -0.4 is 0 Å². The molecule has 27 heavy (non-hydrogen) atoms. The summed E-state index contributed by atoms with van der Waals surface area (Å²) in [7, 11) is 0. The van der Waals surface area contributed by atoms with E-state index in [1.165, 1.54) is 38.7 Å². The molecule has 0 aliphatic heterocycles. The monoisotopic (exact) mass is 376 g/mol. The summed E-state index contributed by atoms with van der Waals surface area (Å²) < 4.78 is 5.48. The molecule has 0 bridgehead atoms. The van der Waals surface area contributed by atoms with Gasteiger partial charge in [0, 0.05) is 12.0 Å². The summed E-state index contributed by atoms with van der Waals surface area (Å²) in [6, 6.07) is 3.27. The zero-order chi connectivity index (χ0) is 20.4. The Morgan fingerprint density at radius 2 is 1.59 bits per heavy atom. The van der Waals surface area contributed by atoms with Gasteiger partial charge in [-0.25, -0.2) is 4.79 Å². The summed E-state index contributed by atoms with van der Waals surface area (Å²) in [6.45, 7) is 10.5. The van der Waals surface area contributed by atoms with Gasteiger partial charge in [0.05, 0.1) is 0 Å². The SMILES string of the molecule is CC(=Cc1ccc(C(=O)CC(C)CCCC(C)CCCC(C)C)o1)C(=O)O. The molecule has 4 nitrogen and oxygen atoms in total. The second kappa shape index (κ2) is 11.8. The lowest BCUT2D eigenvalue weighted by atomic mass is 9.92. The largest absolute Gasteiger partial charge is 0.478 e. The standard InChI is InChI=1S/C23H36O4/c1-16(2)8-6-9-17(3)10-7-11-18(4)14-21(24)22-13-12-20(27-22)15-19(5)23(25)26/h12-13,15-18H,6-11,14H2,1-5H3,(H,25,26). The highest BCUT2D eigenvalue weighted by Crippen LogP contribution is 2.22.